The molecule has 0 aromatic carbocycles. The topological polar surface area (TPSA) is 52.3 Å². The molecule has 0 amide bonds. The number of hydrogen-bond acceptors (Lipinski definition) is 3. The van der Waals surface area contributed by atoms with E-state index in [1.165, 1.54) is 12.8 Å². The Hall–Kier alpha value is -0.990. The average molecular weight is 213 g/mol. The van der Waals surface area contributed by atoms with E-state index >= 15 is 0 Å². The number of ether oxygens (including phenoxy) is 1. The van der Waals surface area contributed by atoms with E-state index in [2.05, 4.69) is 6.92 Å². The number of carbonyl (C=O) groups excluding carboxylic acids is 1. The van der Waals surface area contributed by atoms with Crippen LogP contribution in [0.4, 0.5) is 0 Å². The van der Waals surface area contributed by atoms with Crippen molar-refractivity contribution in [2.45, 2.75) is 52.9 Å². The first-order valence-corrected chi connectivity index (χ1v) is 5.75. The Morgan fingerprint density at radius 2 is 1.87 bits per heavy atom. The monoisotopic (exact) mass is 213 g/mol. The van der Waals surface area contributed by atoms with Crippen molar-refractivity contribution in [1.29, 1.82) is 0 Å². The summed E-state index contributed by atoms with van der Waals surface area (Å²) in [6, 6.07) is 0. The number of rotatable bonds is 7. The van der Waals surface area contributed by atoms with Gasteiger partial charge in [0.15, 0.2) is 0 Å². The van der Waals surface area contributed by atoms with Crippen molar-refractivity contribution >= 4 is 5.97 Å². The summed E-state index contributed by atoms with van der Waals surface area (Å²) in [7, 11) is 0. The summed E-state index contributed by atoms with van der Waals surface area (Å²) >= 11 is 0. The summed E-state index contributed by atoms with van der Waals surface area (Å²) < 4.78 is 5.13. The highest BCUT2D eigenvalue weighted by Crippen LogP contribution is 2.07. The van der Waals surface area contributed by atoms with Gasteiger partial charge < -0.3 is 10.5 Å². The molecule has 0 atom stereocenters. The van der Waals surface area contributed by atoms with Gasteiger partial charge in [-0.25, -0.2) is 4.79 Å². The molecule has 0 unspecified atom stereocenters. The molecular formula is C12H23NO2. The van der Waals surface area contributed by atoms with Gasteiger partial charge in [-0.15, -0.1) is 0 Å². The minimum atomic E-state index is -0.256. The van der Waals surface area contributed by atoms with Crippen LogP contribution < -0.4 is 5.73 Å². The van der Waals surface area contributed by atoms with Crippen molar-refractivity contribution in [2.24, 2.45) is 5.73 Å². The molecule has 0 aromatic rings. The Bertz CT molecular complexity index is 218. The smallest absolute Gasteiger partial charge is 0.335 e. The number of unbranched alkanes of at least 4 members (excludes halogenated alkanes) is 3. The van der Waals surface area contributed by atoms with Gasteiger partial charge in [0, 0.05) is 5.70 Å². The van der Waals surface area contributed by atoms with Crippen LogP contribution >= 0.6 is 0 Å². The zero-order chi connectivity index (χ0) is 11.7. The molecule has 88 valence electrons. The predicted molar refractivity (Wildman–Crippen MR) is 62.3 cm³/mol. The molecule has 0 fully saturated rings. The lowest BCUT2D eigenvalue weighted by atomic mass is 10.1. The molecule has 3 nitrogen and oxygen atoms in total. The summed E-state index contributed by atoms with van der Waals surface area (Å²) in [6.45, 7) is 6.30. The number of nitrogens with two attached hydrogens (primary N) is 1. The third-order valence-electron chi connectivity index (χ3n) is 2.31. The van der Waals surface area contributed by atoms with Crippen LogP contribution in [0.15, 0.2) is 11.3 Å². The molecule has 0 rings (SSSR count). The molecule has 0 aliphatic heterocycles. The molecule has 0 heterocycles. The van der Waals surface area contributed by atoms with Gasteiger partial charge in [-0.2, -0.15) is 0 Å². The van der Waals surface area contributed by atoms with Crippen molar-refractivity contribution in [2.75, 3.05) is 6.61 Å². The summed E-state index contributed by atoms with van der Waals surface area (Å²) in [4.78, 5) is 11.5. The fourth-order valence-electron chi connectivity index (χ4n) is 1.36. The lowest BCUT2D eigenvalue weighted by molar-refractivity contribution is -0.139. The molecule has 2 N–H and O–H groups in total. The molecule has 15 heavy (non-hydrogen) atoms. The Kier molecular flexibility index (Phi) is 7.78. The summed E-state index contributed by atoms with van der Waals surface area (Å²) in [6.07, 6.45) is 5.09. The summed E-state index contributed by atoms with van der Waals surface area (Å²) in [5.74, 6) is -0.256. The number of carbonyl (C=O) groups is 1. The van der Waals surface area contributed by atoms with Crippen molar-refractivity contribution in [3.05, 3.63) is 11.3 Å². The van der Waals surface area contributed by atoms with Crippen molar-refractivity contribution in [3.8, 4) is 0 Å². The maximum atomic E-state index is 11.5. The van der Waals surface area contributed by atoms with Gasteiger partial charge >= 0.3 is 5.97 Å². The second-order valence-corrected chi connectivity index (χ2v) is 3.71. The predicted octanol–water partition coefficient (Wildman–Crippen LogP) is 2.75. The van der Waals surface area contributed by atoms with Crippen molar-refractivity contribution in [1.82, 2.24) is 0 Å². The molecule has 0 saturated carbocycles. The highest BCUT2D eigenvalue weighted by Gasteiger charge is 2.10. The van der Waals surface area contributed by atoms with E-state index in [0.717, 1.165) is 12.8 Å². The van der Waals surface area contributed by atoms with Gasteiger partial charge in [0.2, 0.25) is 0 Å². The van der Waals surface area contributed by atoms with Crippen LogP contribution in [-0.4, -0.2) is 12.6 Å². The summed E-state index contributed by atoms with van der Waals surface area (Å²) in [5, 5.41) is 0. The van der Waals surface area contributed by atoms with E-state index in [0.29, 0.717) is 24.3 Å². The van der Waals surface area contributed by atoms with Crippen LogP contribution in [0.5, 0.6) is 0 Å². The molecular weight excluding hydrogens is 190 g/mol. The van der Waals surface area contributed by atoms with E-state index < -0.39 is 0 Å². The van der Waals surface area contributed by atoms with Crippen LogP contribution in [0, 0.1) is 0 Å². The largest absolute Gasteiger partial charge is 0.462 e. The number of esters is 1. The summed E-state index contributed by atoms with van der Waals surface area (Å²) in [5.41, 5.74) is 6.75. The molecule has 3 heteroatoms. The molecule has 0 bridgehead atoms. The maximum absolute atomic E-state index is 11.5. The fraction of sp³-hybridized carbons (Fsp3) is 0.750. The Morgan fingerprint density at radius 3 is 2.33 bits per heavy atom. The molecule has 0 aliphatic rings. The van der Waals surface area contributed by atoms with Crippen LogP contribution in [0.3, 0.4) is 0 Å². The van der Waals surface area contributed by atoms with E-state index in [-0.39, 0.29) is 5.97 Å². The van der Waals surface area contributed by atoms with E-state index in [1.54, 1.807) is 6.92 Å². The van der Waals surface area contributed by atoms with Gasteiger partial charge in [0.25, 0.3) is 0 Å². The van der Waals surface area contributed by atoms with Gasteiger partial charge in [-0.05, 0) is 19.8 Å². The zero-order valence-corrected chi connectivity index (χ0v) is 10.1. The fourth-order valence-corrected chi connectivity index (χ4v) is 1.36. The first-order valence-electron chi connectivity index (χ1n) is 5.75. The minimum absolute atomic E-state index is 0.256. The van der Waals surface area contributed by atoms with Crippen molar-refractivity contribution in [3.63, 3.8) is 0 Å². The third kappa shape index (κ3) is 6.15. The molecule has 0 aromatic heterocycles. The van der Waals surface area contributed by atoms with E-state index in [4.69, 9.17) is 10.5 Å². The minimum Gasteiger partial charge on any atom is -0.462 e. The lowest BCUT2D eigenvalue weighted by Crippen LogP contribution is -2.13. The van der Waals surface area contributed by atoms with Crippen LogP contribution in [0.1, 0.15) is 52.9 Å². The van der Waals surface area contributed by atoms with Gasteiger partial charge in [-0.3, -0.25) is 0 Å². The van der Waals surface area contributed by atoms with Gasteiger partial charge in [-0.1, -0.05) is 33.1 Å². The molecule has 0 saturated heterocycles. The van der Waals surface area contributed by atoms with Gasteiger partial charge in [0.05, 0.1) is 12.2 Å². The Labute approximate surface area is 92.7 Å². The quantitative estimate of drug-likeness (QED) is 0.402. The molecule has 0 radical (unpaired) electrons. The highest BCUT2D eigenvalue weighted by molar-refractivity contribution is 5.88. The van der Waals surface area contributed by atoms with Crippen LogP contribution in [-0.2, 0) is 9.53 Å². The average Bonchev–Trinajstić information content (AvgIpc) is 2.18. The normalized spacial score (nSPS) is 12.2. The SMILES string of the molecule is CCCCCCOC(=O)C(CC)=C(C)N. The number of hydrogen-bond donors (Lipinski definition) is 1. The van der Waals surface area contributed by atoms with Crippen molar-refractivity contribution < 1.29 is 9.53 Å². The molecule has 0 aliphatic carbocycles. The Balaban J connectivity index is 3.79. The first-order chi connectivity index (χ1) is 7.13. The third-order valence-corrected chi connectivity index (χ3v) is 2.31. The second-order valence-electron chi connectivity index (χ2n) is 3.71. The lowest BCUT2D eigenvalue weighted by Gasteiger charge is -2.07. The zero-order valence-electron chi connectivity index (χ0n) is 10.1. The highest BCUT2D eigenvalue weighted by atomic mass is 16.5. The Morgan fingerprint density at radius 1 is 1.20 bits per heavy atom. The van der Waals surface area contributed by atoms with E-state index in [1.807, 2.05) is 6.92 Å². The van der Waals surface area contributed by atoms with E-state index in [9.17, 15) is 4.79 Å². The van der Waals surface area contributed by atoms with Crippen LogP contribution in [0.2, 0.25) is 0 Å². The standard InChI is InChI=1S/C12H23NO2/c1-4-6-7-8-9-15-12(14)11(5-2)10(3)13/h4-9,13H2,1-3H3. The number of allylic oxidation sites excluding steroid dienone is 1. The maximum Gasteiger partial charge on any atom is 0.335 e. The van der Waals surface area contributed by atoms with Crippen LogP contribution in [0.25, 0.3) is 0 Å². The molecule has 0 spiro atoms. The first kappa shape index (κ1) is 14.0. The van der Waals surface area contributed by atoms with Gasteiger partial charge in [0.1, 0.15) is 0 Å². The second kappa shape index (κ2) is 8.33.